The Balaban J connectivity index is 1.56. The topological polar surface area (TPSA) is 127 Å². The number of carbonyl (C=O) groups is 1. The molecule has 2 aromatic heterocycles. The number of ether oxygens (including phenoxy) is 1. The number of esters is 1. The number of aromatic nitrogens is 4. The number of hydrogen-bond donors (Lipinski definition) is 3. The van der Waals surface area contributed by atoms with Crippen LogP contribution in [-0.2, 0) is 4.74 Å². The lowest BCUT2D eigenvalue weighted by molar-refractivity contribution is 0.0601. The number of hydrogen-bond acceptors (Lipinski definition) is 10. The second-order valence-electron chi connectivity index (χ2n) is 5.78. The van der Waals surface area contributed by atoms with Crippen molar-refractivity contribution >= 4 is 40.3 Å². The van der Waals surface area contributed by atoms with E-state index in [4.69, 9.17) is 0 Å². The summed E-state index contributed by atoms with van der Waals surface area (Å²) >= 11 is 0. The Morgan fingerprint density at radius 3 is 2.17 bits per heavy atom. The monoisotopic (exact) mass is 395 g/mol. The molecule has 0 saturated heterocycles. The van der Waals surface area contributed by atoms with Gasteiger partial charge < -0.3 is 10.1 Å². The van der Waals surface area contributed by atoms with Crippen LogP contribution in [0, 0.1) is 5.82 Å². The molecule has 29 heavy (non-hydrogen) atoms. The lowest BCUT2D eigenvalue weighted by Crippen LogP contribution is -2.13. The van der Waals surface area contributed by atoms with Crippen LogP contribution in [0.1, 0.15) is 10.4 Å². The summed E-state index contributed by atoms with van der Waals surface area (Å²) in [6, 6.07) is 12.4. The second-order valence-corrected chi connectivity index (χ2v) is 5.78. The standard InChI is InChI=1S/C18H14FN7O3/c1-28-18(27)10-2-6-13(7-3-10)23-24-15-14(20-12-8-4-11(19)5-9-12)21-16-17(22-15)26-29-25-16/h2-9,23H,1H3,(H,20,21,25)(H,22,24,26). The molecule has 0 fully saturated rings. The van der Waals surface area contributed by atoms with E-state index in [2.05, 4.69) is 45.8 Å². The smallest absolute Gasteiger partial charge is 0.337 e. The van der Waals surface area contributed by atoms with Gasteiger partial charge in [0.1, 0.15) is 5.82 Å². The van der Waals surface area contributed by atoms with Crippen LogP contribution in [0.25, 0.3) is 11.3 Å². The molecule has 10 nitrogen and oxygen atoms in total. The van der Waals surface area contributed by atoms with Crippen LogP contribution in [-0.4, -0.2) is 33.4 Å². The minimum atomic E-state index is -0.426. The zero-order valence-corrected chi connectivity index (χ0v) is 15.0. The third-order valence-electron chi connectivity index (χ3n) is 3.85. The molecule has 0 amide bonds. The molecule has 0 saturated carbocycles. The van der Waals surface area contributed by atoms with Gasteiger partial charge in [0.15, 0.2) is 11.6 Å². The lowest BCUT2D eigenvalue weighted by atomic mass is 10.2. The first-order valence-corrected chi connectivity index (χ1v) is 8.36. The summed E-state index contributed by atoms with van der Waals surface area (Å²) < 4.78 is 22.5. The van der Waals surface area contributed by atoms with Gasteiger partial charge in [-0.1, -0.05) is 0 Å². The second kappa shape index (κ2) is 7.76. The van der Waals surface area contributed by atoms with Gasteiger partial charge in [0, 0.05) is 5.69 Å². The zero-order chi connectivity index (χ0) is 20.2. The van der Waals surface area contributed by atoms with Gasteiger partial charge >= 0.3 is 5.97 Å². The fourth-order valence-corrected chi connectivity index (χ4v) is 2.42. The number of methoxy groups -OCH3 is 1. The van der Waals surface area contributed by atoms with Crippen LogP contribution in [0.15, 0.2) is 53.2 Å². The maximum atomic E-state index is 13.1. The summed E-state index contributed by atoms with van der Waals surface area (Å²) in [6.07, 6.45) is 0. The molecular formula is C18H14FN7O3. The van der Waals surface area contributed by atoms with Gasteiger partial charge in [-0.3, -0.25) is 10.9 Å². The van der Waals surface area contributed by atoms with Crippen molar-refractivity contribution in [2.75, 3.05) is 23.3 Å². The Hall–Kier alpha value is -4.28. The number of fused-ring (bicyclic) bond motifs is 1. The third-order valence-corrected chi connectivity index (χ3v) is 3.85. The summed E-state index contributed by atoms with van der Waals surface area (Å²) in [5, 5.41) is 10.4. The zero-order valence-electron chi connectivity index (χ0n) is 15.0. The van der Waals surface area contributed by atoms with Gasteiger partial charge in [0.05, 0.1) is 18.4 Å². The summed E-state index contributed by atoms with van der Waals surface area (Å²) in [7, 11) is 1.32. The van der Waals surface area contributed by atoms with Gasteiger partial charge in [-0.2, -0.15) is 4.98 Å². The largest absolute Gasteiger partial charge is 0.465 e. The molecule has 11 heteroatoms. The minimum absolute atomic E-state index is 0.208. The van der Waals surface area contributed by atoms with Crippen LogP contribution in [0.5, 0.6) is 0 Å². The molecule has 4 aromatic rings. The number of anilines is 4. The first-order valence-electron chi connectivity index (χ1n) is 8.36. The lowest BCUT2D eigenvalue weighted by Gasteiger charge is -2.13. The van der Waals surface area contributed by atoms with Gasteiger partial charge in [-0.15, -0.1) is 0 Å². The summed E-state index contributed by atoms with van der Waals surface area (Å²) in [5.74, 6) is -0.161. The molecule has 0 atom stereocenters. The van der Waals surface area contributed by atoms with E-state index < -0.39 is 5.97 Å². The molecule has 0 radical (unpaired) electrons. The molecule has 146 valence electrons. The predicted octanol–water partition coefficient (Wildman–Crippen LogP) is 3.12. The maximum Gasteiger partial charge on any atom is 0.337 e. The first-order chi connectivity index (χ1) is 14.1. The van der Waals surface area contributed by atoms with Crippen LogP contribution in [0.3, 0.4) is 0 Å². The molecule has 3 N–H and O–H groups in total. The van der Waals surface area contributed by atoms with Gasteiger partial charge in [-0.25, -0.2) is 18.8 Å². The van der Waals surface area contributed by atoms with E-state index in [-0.39, 0.29) is 17.1 Å². The Kier molecular flexibility index (Phi) is 4.84. The van der Waals surface area contributed by atoms with Gasteiger partial charge in [0.2, 0.25) is 11.3 Å². The van der Waals surface area contributed by atoms with Crippen molar-refractivity contribution in [2.24, 2.45) is 0 Å². The number of carbonyl (C=O) groups excluding carboxylic acids is 1. The molecular weight excluding hydrogens is 381 g/mol. The van der Waals surface area contributed by atoms with E-state index >= 15 is 0 Å². The Morgan fingerprint density at radius 2 is 1.52 bits per heavy atom. The number of nitrogens with zero attached hydrogens (tertiary/aromatic N) is 4. The van der Waals surface area contributed by atoms with Crippen LogP contribution in [0.4, 0.5) is 27.4 Å². The molecule has 0 spiro atoms. The van der Waals surface area contributed by atoms with Gasteiger partial charge in [0.25, 0.3) is 0 Å². The Labute approximate surface area is 163 Å². The molecule has 2 heterocycles. The Morgan fingerprint density at radius 1 is 0.897 bits per heavy atom. The molecule has 0 aliphatic rings. The summed E-state index contributed by atoms with van der Waals surface area (Å²) in [6.45, 7) is 0. The van der Waals surface area contributed by atoms with Crippen molar-refractivity contribution in [2.45, 2.75) is 0 Å². The van der Waals surface area contributed by atoms with E-state index in [0.717, 1.165) is 0 Å². The number of hydrazine groups is 1. The van der Waals surface area contributed by atoms with Crippen molar-refractivity contribution in [1.29, 1.82) is 0 Å². The van der Waals surface area contributed by atoms with E-state index in [1.165, 1.54) is 19.2 Å². The highest BCUT2D eigenvalue weighted by molar-refractivity contribution is 5.89. The fourth-order valence-electron chi connectivity index (χ4n) is 2.42. The van der Waals surface area contributed by atoms with Crippen molar-refractivity contribution in [3.63, 3.8) is 0 Å². The SMILES string of the molecule is COC(=O)c1ccc(NNc2nc3nonc3nc2Nc2ccc(F)cc2)cc1. The Bertz CT molecular complexity index is 1150. The highest BCUT2D eigenvalue weighted by atomic mass is 19.1. The number of nitrogens with one attached hydrogen (secondary N) is 3. The van der Waals surface area contributed by atoms with Crippen LogP contribution < -0.4 is 16.2 Å². The van der Waals surface area contributed by atoms with Crippen molar-refractivity contribution in [1.82, 2.24) is 20.3 Å². The highest BCUT2D eigenvalue weighted by Gasteiger charge is 2.13. The summed E-state index contributed by atoms with van der Waals surface area (Å²) in [5.41, 5.74) is 7.97. The average molecular weight is 395 g/mol. The quantitative estimate of drug-likeness (QED) is 0.331. The maximum absolute atomic E-state index is 13.1. The minimum Gasteiger partial charge on any atom is -0.465 e. The molecule has 2 aromatic carbocycles. The van der Waals surface area contributed by atoms with Crippen molar-refractivity contribution in [3.8, 4) is 0 Å². The summed E-state index contributed by atoms with van der Waals surface area (Å²) in [4.78, 5) is 20.1. The van der Waals surface area contributed by atoms with E-state index in [9.17, 15) is 9.18 Å². The number of benzene rings is 2. The highest BCUT2D eigenvalue weighted by Crippen LogP contribution is 2.24. The predicted molar refractivity (Wildman–Crippen MR) is 102 cm³/mol. The van der Waals surface area contributed by atoms with Crippen molar-refractivity contribution in [3.05, 3.63) is 59.9 Å². The molecule has 0 aliphatic carbocycles. The van der Waals surface area contributed by atoms with E-state index in [1.54, 1.807) is 36.4 Å². The average Bonchev–Trinajstić information content (AvgIpc) is 3.20. The van der Waals surface area contributed by atoms with Crippen molar-refractivity contribution < 1.29 is 18.6 Å². The van der Waals surface area contributed by atoms with Crippen LogP contribution >= 0.6 is 0 Å². The van der Waals surface area contributed by atoms with Gasteiger partial charge in [-0.05, 0) is 58.8 Å². The normalized spacial score (nSPS) is 10.6. The number of rotatable bonds is 6. The van der Waals surface area contributed by atoms with Crippen LogP contribution in [0.2, 0.25) is 0 Å². The molecule has 0 aliphatic heterocycles. The molecule has 4 rings (SSSR count). The number of halogens is 1. The first kappa shape index (κ1) is 18.1. The van der Waals surface area contributed by atoms with E-state index in [0.29, 0.717) is 28.6 Å². The van der Waals surface area contributed by atoms with E-state index in [1.807, 2.05) is 0 Å². The molecule has 0 unspecified atom stereocenters. The third kappa shape index (κ3) is 4.03. The molecule has 0 bridgehead atoms. The fraction of sp³-hybridized carbons (Fsp3) is 0.0556.